The van der Waals surface area contributed by atoms with E-state index in [2.05, 4.69) is 15.9 Å². The van der Waals surface area contributed by atoms with Crippen LogP contribution in [-0.4, -0.2) is 15.5 Å². The maximum Gasteiger partial charge on any atom is 0.243 e. The summed E-state index contributed by atoms with van der Waals surface area (Å²) >= 11 is 8.61. The van der Waals surface area contributed by atoms with Crippen molar-refractivity contribution < 1.29 is 12.8 Å². The van der Waals surface area contributed by atoms with E-state index in [-0.39, 0.29) is 15.2 Å². The van der Waals surface area contributed by atoms with Crippen LogP contribution in [0.5, 0.6) is 0 Å². The predicted molar refractivity (Wildman–Crippen MR) is 59.8 cm³/mol. The summed E-state index contributed by atoms with van der Waals surface area (Å²) in [5.74, 6) is -1.03. The molecule has 0 saturated heterocycles. The van der Waals surface area contributed by atoms with E-state index >= 15 is 0 Å². The zero-order chi connectivity index (χ0) is 11.8. The number of sulfonamides is 1. The molecule has 1 aromatic rings. The van der Waals surface area contributed by atoms with Crippen molar-refractivity contribution in [3.05, 3.63) is 21.4 Å². The largest absolute Gasteiger partial charge is 0.395 e. The Morgan fingerprint density at radius 1 is 1.60 bits per heavy atom. The van der Waals surface area contributed by atoms with Gasteiger partial charge in [0.1, 0.15) is 4.90 Å². The SMILES string of the molecule is CNS(=O)(=O)c1cc(Cl)c(Br)c(N)c1F. The van der Waals surface area contributed by atoms with E-state index in [9.17, 15) is 12.8 Å². The van der Waals surface area contributed by atoms with Gasteiger partial charge in [0.25, 0.3) is 0 Å². The molecule has 0 spiro atoms. The summed E-state index contributed by atoms with van der Waals surface area (Å²) in [6.07, 6.45) is 0. The molecule has 0 radical (unpaired) electrons. The molecular weight excluding hydrogens is 311 g/mol. The maximum atomic E-state index is 13.5. The standard InChI is InChI=1S/C7H7BrClFN2O2S/c1-12-15(13,14)4-2-3(9)5(8)7(11)6(4)10/h2,12H,11H2,1H3. The average Bonchev–Trinajstić information content (AvgIpc) is 2.20. The van der Waals surface area contributed by atoms with Gasteiger partial charge in [0, 0.05) is 0 Å². The highest BCUT2D eigenvalue weighted by atomic mass is 79.9. The number of benzene rings is 1. The van der Waals surface area contributed by atoms with Crippen molar-refractivity contribution in [2.45, 2.75) is 4.90 Å². The third-order valence-electron chi connectivity index (χ3n) is 1.72. The van der Waals surface area contributed by atoms with Gasteiger partial charge in [0.15, 0.2) is 5.82 Å². The lowest BCUT2D eigenvalue weighted by atomic mass is 10.3. The number of halogens is 3. The maximum absolute atomic E-state index is 13.5. The second-order valence-electron chi connectivity index (χ2n) is 2.61. The molecule has 0 aliphatic rings. The zero-order valence-electron chi connectivity index (χ0n) is 7.51. The molecule has 0 bridgehead atoms. The Bertz CT molecular complexity index is 506. The highest BCUT2D eigenvalue weighted by Gasteiger charge is 2.22. The van der Waals surface area contributed by atoms with Crippen LogP contribution in [0, 0.1) is 5.82 Å². The van der Waals surface area contributed by atoms with Crippen LogP contribution in [0.25, 0.3) is 0 Å². The van der Waals surface area contributed by atoms with Crippen molar-refractivity contribution in [2.75, 3.05) is 12.8 Å². The predicted octanol–water partition coefficient (Wildman–Crippen LogP) is 1.73. The van der Waals surface area contributed by atoms with Gasteiger partial charge in [-0.25, -0.2) is 17.5 Å². The minimum absolute atomic E-state index is 0.0303. The first-order valence-corrected chi connectivity index (χ1v) is 6.33. The molecule has 0 aliphatic carbocycles. The van der Waals surface area contributed by atoms with Crippen molar-refractivity contribution in [1.82, 2.24) is 4.72 Å². The van der Waals surface area contributed by atoms with Crippen molar-refractivity contribution in [2.24, 2.45) is 0 Å². The van der Waals surface area contributed by atoms with Crippen molar-refractivity contribution >= 4 is 43.2 Å². The third-order valence-corrected chi connectivity index (χ3v) is 4.51. The molecule has 0 aliphatic heterocycles. The number of hydrogen-bond acceptors (Lipinski definition) is 3. The van der Waals surface area contributed by atoms with Gasteiger partial charge in [-0.2, -0.15) is 0 Å². The lowest BCUT2D eigenvalue weighted by Crippen LogP contribution is -2.20. The van der Waals surface area contributed by atoms with E-state index in [1.54, 1.807) is 0 Å². The number of nitrogen functional groups attached to an aromatic ring is 1. The van der Waals surface area contributed by atoms with E-state index in [1.165, 1.54) is 7.05 Å². The Balaban J connectivity index is 3.60. The molecule has 8 heteroatoms. The van der Waals surface area contributed by atoms with Crippen molar-refractivity contribution in [3.63, 3.8) is 0 Å². The number of nitrogens with one attached hydrogen (secondary N) is 1. The second-order valence-corrected chi connectivity index (χ2v) is 5.66. The lowest BCUT2D eigenvalue weighted by molar-refractivity contribution is 0.563. The smallest absolute Gasteiger partial charge is 0.243 e. The zero-order valence-corrected chi connectivity index (χ0v) is 10.7. The molecule has 0 amide bonds. The van der Waals surface area contributed by atoms with Gasteiger partial charge in [-0.15, -0.1) is 0 Å². The topological polar surface area (TPSA) is 72.2 Å². The summed E-state index contributed by atoms with van der Waals surface area (Å²) < 4.78 is 38.3. The molecule has 4 nitrogen and oxygen atoms in total. The van der Waals surface area contributed by atoms with Crippen LogP contribution in [-0.2, 0) is 10.0 Å². The van der Waals surface area contributed by atoms with Gasteiger partial charge in [0.05, 0.1) is 15.2 Å². The molecule has 0 heterocycles. The van der Waals surface area contributed by atoms with Gasteiger partial charge < -0.3 is 5.73 Å². The van der Waals surface area contributed by atoms with Crippen LogP contribution in [0.1, 0.15) is 0 Å². The third kappa shape index (κ3) is 2.25. The number of nitrogens with two attached hydrogens (primary N) is 1. The molecule has 0 aromatic heterocycles. The van der Waals surface area contributed by atoms with Crippen LogP contribution in [0.4, 0.5) is 10.1 Å². The summed E-state index contributed by atoms with van der Waals surface area (Å²) in [5.41, 5.74) is 5.00. The van der Waals surface area contributed by atoms with E-state index in [0.29, 0.717) is 0 Å². The van der Waals surface area contributed by atoms with Crippen LogP contribution in [0.15, 0.2) is 15.4 Å². The highest BCUT2D eigenvalue weighted by Crippen LogP contribution is 2.34. The summed E-state index contributed by atoms with van der Waals surface area (Å²) in [6.45, 7) is 0. The number of rotatable bonds is 2. The summed E-state index contributed by atoms with van der Waals surface area (Å²) in [7, 11) is -2.73. The fourth-order valence-corrected chi connectivity index (χ4v) is 2.31. The molecule has 0 atom stereocenters. The summed E-state index contributed by atoms with van der Waals surface area (Å²) in [4.78, 5) is -0.573. The van der Waals surface area contributed by atoms with Crippen molar-refractivity contribution in [1.29, 1.82) is 0 Å². The van der Waals surface area contributed by atoms with E-state index in [1.807, 2.05) is 4.72 Å². The molecule has 1 aromatic carbocycles. The molecule has 3 N–H and O–H groups in total. The Hall–Kier alpha value is -0.370. The van der Waals surface area contributed by atoms with Crippen LogP contribution < -0.4 is 10.5 Å². The lowest BCUT2D eigenvalue weighted by Gasteiger charge is -2.08. The highest BCUT2D eigenvalue weighted by molar-refractivity contribution is 9.10. The molecule has 0 saturated carbocycles. The summed E-state index contributed by atoms with van der Waals surface area (Å²) in [6, 6.07) is 0.989. The minimum atomic E-state index is -3.90. The Morgan fingerprint density at radius 3 is 2.60 bits per heavy atom. The number of anilines is 1. The van der Waals surface area contributed by atoms with Gasteiger partial charge >= 0.3 is 0 Å². The van der Waals surface area contributed by atoms with Gasteiger partial charge in [0.2, 0.25) is 10.0 Å². The van der Waals surface area contributed by atoms with Crippen molar-refractivity contribution in [3.8, 4) is 0 Å². The monoisotopic (exact) mass is 316 g/mol. The van der Waals surface area contributed by atoms with Gasteiger partial charge in [-0.3, -0.25) is 0 Å². The van der Waals surface area contributed by atoms with Gasteiger partial charge in [-0.05, 0) is 29.0 Å². The molecule has 0 unspecified atom stereocenters. The Kier molecular flexibility index (Phi) is 3.59. The fourth-order valence-electron chi connectivity index (χ4n) is 0.905. The first-order valence-electron chi connectivity index (χ1n) is 3.67. The first kappa shape index (κ1) is 12.7. The second kappa shape index (κ2) is 4.25. The van der Waals surface area contributed by atoms with E-state index < -0.39 is 20.7 Å². The first-order chi connectivity index (χ1) is 6.81. The fraction of sp³-hybridized carbons (Fsp3) is 0.143. The van der Waals surface area contributed by atoms with E-state index in [0.717, 1.165) is 6.07 Å². The normalized spacial score (nSPS) is 11.7. The Morgan fingerprint density at radius 2 is 2.13 bits per heavy atom. The van der Waals surface area contributed by atoms with Crippen LogP contribution in [0.3, 0.4) is 0 Å². The quantitative estimate of drug-likeness (QED) is 0.644. The van der Waals surface area contributed by atoms with Crippen LogP contribution in [0.2, 0.25) is 5.02 Å². The molecule has 0 fully saturated rings. The molecule has 84 valence electrons. The van der Waals surface area contributed by atoms with Gasteiger partial charge in [-0.1, -0.05) is 11.6 Å². The minimum Gasteiger partial charge on any atom is -0.395 e. The molecule has 15 heavy (non-hydrogen) atoms. The molecule has 1 rings (SSSR count). The summed E-state index contributed by atoms with van der Waals surface area (Å²) in [5, 5.41) is 0.0303. The van der Waals surface area contributed by atoms with E-state index in [4.69, 9.17) is 17.3 Å². The molecular formula is C7H7BrClFN2O2S. The number of hydrogen-bond donors (Lipinski definition) is 2. The average molecular weight is 318 g/mol. The Labute approximate surface area is 99.8 Å². The van der Waals surface area contributed by atoms with Crippen LogP contribution >= 0.6 is 27.5 Å².